The van der Waals surface area contributed by atoms with Gasteiger partial charge in [-0.3, -0.25) is 9.10 Å². The van der Waals surface area contributed by atoms with E-state index in [1.54, 1.807) is 36.4 Å². The number of hydrogen-bond acceptors (Lipinski definition) is 4. The Labute approximate surface area is 148 Å². The van der Waals surface area contributed by atoms with Gasteiger partial charge in [-0.1, -0.05) is 37.6 Å². The van der Waals surface area contributed by atoms with E-state index in [2.05, 4.69) is 5.32 Å². The summed E-state index contributed by atoms with van der Waals surface area (Å²) in [6.07, 6.45) is 1.37. The van der Waals surface area contributed by atoms with Crippen molar-refractivity contribution in [1.29, 1.82) is 0 Å². The molecule has 0 saturated carbocycles. The summed E-state index contributed by atoms with van der Waals surface area (Å²) < 4.78 is 26.8. The van der Waals surface area contributed by atoms with Gasteiger partial charge in [0.25, 0.3) is 10.0 Å². The molecule has 6 nitrogen and oxygen atoms in total. The molecular formula is C18H23N3O3S. The van der Waals surface area contributed by atoms with Gasteiger partial charge in [0.05, 0.1) is 16.6 Å². The van der Waals surface area contributed by atoms with Gasteiger partial charge in [-0.15, -0.1) is 0 Å². The first-order valence-electron chi connectivity index (χ1n) is 8.06. The van der Waals surface area contributed by atoms with E-state index in [1.807, 2.05) is 13.0 Å². The van der Waals surface area contributed by atoms with E-state index in [0.717, 1.165) is 6.42 Å². The molecule has 3 N–H and O–H groups in total. The molecule has 0 spiro atoms. The Bertz CT molecular complexity index is 822. The van der Waals surface area contributed by atoms with Gasteiger partial charge in [-0.05, 0) is 36.8 Å². The lowest BCUT2D eigenvalue weighted by Crippen LogP contribution is -2.35. The Balaban J connectivity index is 2.24. The van der Waals surface area contributed by atoms with Crippen LogP contribution in [-0.4, -0.2) is 27.4 Å². The number of nitrogens with zero attached hydrogens (tertiary/aromatic N) is 1. The number of nitrogens with two attached hydrogens (primary N) is 1. The summed E-state index contributed by atoms with van der Waals surface area (Å²) in [6.45, 7) is 1.94. The highest BCUT2D eigenvalue weighted by Gasteiger charge is 2.22. The van der Waals surface area contributed by atoms with Gasteiger partial charge in [-0.2, -0.15) is 0 Å². The molecule has 0 heterocycles. The average Bonchev–Trinajstić information content (AvgIpc) is 2.62. The number of amides is 1. The quantitative estimate of drug-likeness (QED) is 0.793. The van der Waals surface area contributed by atoms with Gasteiger partial charge < -0.3 is 11.1 Å². The Hall–Kier alpha value is -2.38. The smallest absolute Gasteiger partial charge is 0.264 e. The molecular weight excluding hydrogens is 338 g/mol. The molecule has 0 aromatic heterocycles. The lowest BCUT2D eigenvalue weighted by molar-refractivity contribution is -0.117. The van der Waals surface area contributed by atoms with Crippen LogP contribution in [-0.2, 0) is 14.8 Å². The number of anilines is 2. The molecule has 1 amide bonds. The van der Waals surface area contributed by atoms with E-state index in [0.29, 0.717) is 17.8 Å². The number of nitrogens with one attached hydrogen (secondary N) is 1. The molecule has 1 unspecified atom stereocenters. The van der Waals surface area contributed by atoms with Crippen molar-refractivity contribution in [2.75, 3.05) is 16.7 Å². The Morgan fingerprint density at radius 2 is 1.84 bits per heavy atom. The normalized spacial score (nSPS) is 12.4. The van der Waals surface area contributed by atoms with Crippen LogP contribution >= 0.6 is 0 Å². The van der Waals surface area contributed by atoms with Gasteiger partial charge >= 0.3 is 0 Å². The highest BCUT2D eigenvalue weighted by Crippen LogP contribution is 2.23. The van der Waals surface area contributed by atoms with Gasteiger partial charge in [0.2, 0.25) is 5.91 Å². The summed E-state index contributed by atoms with van der Waals surface area (Å²) in [7, 11) is -2.24. The standard InChI is InChI=1S/C18H23N3O3S/c1-3-8-17(19)18(22)20-14-9-7-12-16(13-14)25(23,24)21(2)15-10-5-4-6-11-15/h4-7,9-13,17H,3,8,19H2,1-2H3,(H,20,22). The van der Waals surface area contributed by atoms with Crippen molar-refractivity contribution in [1.82, 2.24) is 0 Å². The first kappa shape index (κ1) is 19.0. The molecule has 2 rings (SSSR count). The lowest BCUT2D eigenvalue weighted by atomic mass is 10.1. The predicted molar refractivity (Wildman–Crippen MR) is 100.0 cm³/mol. The lowest BCUT2D eigenvalue weighted by Gasteiger charge is -2.20. The van der Waals surface area contributed by atoms with Crippen LogP contribution < -0.4 is 15.4 Å². The number of sulfonamides is 1. The van der Waals surface area contributed by atoms with E-state index >= 15 is 0 Å². The minimum absolute atomic E-state index is 0.0979. The van der Waals surface area contributed by atoms with E-state index in [-0.39, 0.29) is 10.8 Å². The number of para-hydroxylation sites is 1. The topological polar surface area (TPSA) is 92.5 Å². The summed E-state index contributed by atoms with van der Waals surface area (Å²) in [5.41, 5.74) is 6.74. The Kier molecular flexibility index (Phi) is 6.17. The van der Waals surface area contributed by atoms with Gasteiger partial charge in [0.1, 0.15) is 0 Å². The van der Waals surface area contributed by atoms with E-state index in [1.165, 1.54) is 23.5 Å². The van der Waals surface area contributed by atoms with Crippen molar-refractivity contribution in [2.45, 2.75) is 30.7 Å². The molecule has 0 radical (unpaired) electrons. The van der Waals surface area contributed by atoms with Gasteiger partial charge in [0, 0.05) is 12.7 Å². The fraction of sp³-hybridized carbons (Fsp3) is 0.278. The van der Waals surface area contributed by atoms with Gasteiger partial charge in [-0.25, -0.2) is 8.42 Å². The highest BCUT2D eigenvalue weighted by molar-refractivity contribution is 7.92. The third-order valence-corrected chi connectivity index (χ3v) is 5.60. The second kappa shape index (κ2) is 8.13. The van der Waals surface area contributed by atoms with Crippen LogP contribution in [0.25, 0.3) is 0 Å². The summed E-state index contributed by atoms with van der Waals surface area (Å²) in [6, 6.07) is 14.3. The molecule has 0 aliphatic heterocycles. The van der Waals surface area contributed by atoms with Crippen LogP contribution in [0.5, 0.6) is 0 Å². The van der Waals surface area contributed by atoms with Crippen LogP contribution in [0.2, 0.25) is 0 Å². The second-order valence-corrected chi connectivity index (χ2v) is 7.69. The molecule has 0 bridgehead atoms. The van der Waals surface area contributed by atoms with E-state index in [4.69, 9.17) is 5.73 Å². The van der Waals surface area contributed by atoms with Crippen molar-refractivity contribution in [3.05, 3.63) is 54.6 Å². The number of carbonyl (C=O) groups excluding carboxylic acids is 1. The third-order valence-electron chi connectivity index (χ3n) is 3.82. The molecule has 0 aliphatic rings. The van der Waals surface area contributed by atoms with Crippen LogP contribution in [0.1, 0.15) is 19.8 Å². The first-order valence-corrected chi connectivity index (χ1v) is 9.50. The molecule has 7 heteroatoms. The molecule has 25 heavy (non-hydrogen) atoms. The summed E-state index contributed by atoms with van der Waals surface area (Å²) in [5.74, 6) is -0.326. The van der Waals surface area contributed by atoms with Crippen molar-refractivity contribution in [3.63, 3.8) is 0 Å². The molecule has 0 saturated heterocycles. The minimum Gasteiger partial charge on any atom is -0.325 e. The monoisotopic (exact) mass is 361 g/mol. The van der Waals surface area contributed by atoms with E-state index < -0.39 is 16.1 Å². The summed E-state index contributed by atoms with van der Waals surface area (Å²) >= 11 is 0. The zero-order valence-corrected chi connectivity index (χ0v) is 15.2. The zero-order chi connectivity index (χ0) is 18.4. The maximum atomic E-state index is 12.8. The maximum Gasteiger partial charge on any atom is 0.264 e. The summed E-state index contributed by atoms with van der Waals surface area (Å²) in [4.78, 5) is 12.1. The number of benzene rings is 2. The van der Waals surface area contributed by atoms with Crippen molar-refractivity contribution in [2.24, 2.45) is 5.73 Å². The largest absolute Gasteiger partial charge is 0.325 e. The second-order valence-electron chi connectivity index (χ2n) is 5.72. The first-order chi connectivity index (χ1) is 11.9. The molecule has 1 atom stereocenters. The van der Waals surface area contributed by atoms with Crippen LogP contribution in [0.4, 0.5) is 11.4 Å². The fourth-order valence-corrected chi connectivity index (χ4v) is 3.59. The zero-order valence-electron chi connectivity index (χ0n) is 14.3. The Morgan fingerprint density at radius 1 is 1.16 bits per heavy atom. The third kappa shape index (κ3) is 4.58. The molecule has 2 aromatic carbocycles. The van der Waals surface area contributed by atoms with Crippen LogP contribution in [0.3, 0.4) is 0 Å². The van der Waals surface area contributed by atoms with Crippen LogP contribution in [0, 0.1) is 0 Å². The predicted octanol–water partition coefficient (Wildman–Crippen LogP) is 2.58. The average molecular weight is 361 g/mol. The summed E-state index contributed by atoms with van der Waals surface area (Å²) in [5, 5.41) is 2.67. The molecule has 0 fully saturated rings. The maximum absolute atomic E-state index is 12.8. The van der Waals surface area contributed by atoms with Crippen molar-refractivity contribution in [3.8, 4) is 0 Å². The SMILES string of the molecule is CCCC(N)C(=O)Nc1cccc(S(=O)(=O)N(C)c2ccccc2)c1. The number of hydrogen-bond donors (Lipinski definition) is 2. The molecule has 134 valence electrons. The van der Waals surface area contributed by atoms with E-state index in [9.17, 15) is 13.2 Å². The van der Waals surface area contributed by atoms with Gasteiger partial charge in [0.15, 0.2) is 0 Å². The minimum atomic E-state index is -3.73. The Morgan fingerprint density at radius 3 is 2.48 bits per heavy atom. The van der Waals surface area contributed by atoms with Crippen molar-refractivity contribution < 1.29 is 13.2 Å². The highest BCUT2D eigenvalue weighted by atomic mass is 32.2. The number of carbonyl (C=O) groups is 1. The van der Waals surface area contributed by atoms with Crippen molar-refractivity contribution >= 4 is 27.3 Å². The fourth-order valence-electron chi connectivity index (χ4n) is 2.35. The molecule has 0 aliphatic carbocycles. The van der Waals surface area contributed by atoms with Crippen LogP contribution in [0.15, 0.2) is 59.5 Å². The molecule has 2 aromatic rings. The number of rotatable bonds is 7.